The molecule has 0 saturated carbocycles. The van der Waals surface area contributed by atoms with E-state index >= 15 is 0 Å². The van der Waals surface area contributed by atoms with Crippen LogP contribution in [-0.4, -0.2) is 19.4 Å². The number of benzene rings is 5. The Morgan fingerprint density at radius 1 is 0.390 bits per heavy atom. The Labute approximate surface area is 237 Å². The summed E-state index contributed by atoms with van der Waals surface area (Å²) in [5, 5.41) is 1.04. The molecule has 4 nitrogen and oxygen atoms in total. The summed E-state index contributed by atoms with van der Waals surface area (Å²) in [6.45, 7) is 0. The molecule has 0 spiro atoms. The zero-order valence-corrected chi connectivity index (χ0v) is 22.1. The van der Waals surface area contributed by atoms with E-state index < -0.39 is 0 Å². The van der Waals surface area contributed by atoms with Crippen LogP contribution in [0.25, 0.3) is 72.6 Å². The van der Waals surface area contributed by atoms with Crippen molar-refractivity contribution in [3.05, 3.63) is 146 Å². The molecule has 0 atom stereocenters. The van der Waals surface area contributed by atoms with Crippen LogP contribution in [0.2, 0.25) is 0 Å². The first-order valence-electron chi connectivity index (χ1n) is 13.7. The number of hydrogen-bond donors (Lipinski definition) is 0. The van der Waals surface area contributed by atoms with E-state index in [1.54, 1.807) is 0 Å². The van der Waals surface area contributed by atoms with Crippen molar-refractivity contribution in [2.45, 2.75) is 0 Å². The van der Waals surface area contributed by atoms with Gasteiger partial charge in [-0.25, -0.2) is 15.0 Å². The summed E-state index contributed by atoms with van der Waals surface area (Å²) in [5.74, 6) is 0.878. The van der Waals surface area contributed by atoms with Crippen molar-refractivity contribution < 1.29 is 0 Å². The minimum atomic E-state index is 0.878. The van der Waals surface area contributed by atoms with Crippen molar-refractivity contribution >= 4 is 27.6 Å². The molecule has 4 heteroatoms. The molecule has 0 bridgehead atoms. The SMILES string of the molecule is c1ccc(-c2cc(-c3ccc(-c4nc5ccccc5c5nc6ccccc6n45)cc3)cc(-c3ccccc3)n2)cc1. The highest BCUT2D eigenvalue weighted by Gasteiger charge is 2.15. The number of para-hydroxylation sites is 3. The van der Waals surface area contributed by atoms with Gasteiger partial charge in [-0.2, -0.15) is 0 Å². The lowest BCUT2D eigenvalue weighted by Gasteiger charge is -2.12. The van der Waals surface area contributed by atoms with Crippen LogP contribution in [0, 0.1) is 0 Å². The maximum Gasteiger partial charge on any atom is 0.149 e. The third kappa shape index (κ3) is 4.05. The quantitative estimate of drug-likeness (QED) is 0.231. The van der Waals surface area contributed by atoms with Crippen LogP contribution in [0.1, 0.15) is 0 Å². The minimum Gasteiger partial charge on any atom is -0.276 e. The molecule has 0 aliphatic heterocycles. The van der Waals surface area contributed by atoms with Gasteiger partial charge >= 0.3 is 0 Å². The molecule has 0 saturated heterocycles. The first-order chi connectivity index (χ1) is 20.3. The minimum absolute atomic E-state index is 0.878. The summed E-state index contributed by atoms with van der Waals surface area (Å²) >= 11 is 0. The van der Waals surface area contributed by atoms with Crippen LogP contribution in [0.5, 0.6) is 0 Å². The van der Waals surface area contributed by atoms with Gasteiger partial charge in [-0.3, -0.25) is 4.40 Å². The third-order valence-electron chi connectivity index (χ3n) is 7.58. The van der Waals surface area contributed by atoms with Crippen molar-refractivity contribution in [1.29, 1.82) is 0 Å². The summed E-state index contributed by atoms with van der Waals surface area (Å²) in [7, 11) is 0. The largest absolute Gasteiger partial charge is 0.276 e. The molecule has 8 rings (SSSR count). The third-order valence-corrected chi connectivity index (χ3v) is 7.58. The summed E-state index contributed by atoms with van der Waals surface area (Å²) in [5.41, 5.74) is 11.2. The number of rotatable bonds is 4. The van der Waals surface area contributed by atoms with Gasteiger partial charge in [0, 0.05) is 22.1 Å². The molecule has 0 fully saturated rings. The molecule has 0 N–H and O–H groups in total. The Morgan fingerprint density at radius 3 is 1.63 bits per heavy atom. The predicted octanol–water partition coefficient (Wildman–Crippen LogP) is 9.10. The highest BCUT2D eigenvalue weighted by Crippen LogP contribution is 2.33. The van der Waals surface area contributed by atoms with Crippen LogP contribution in [0.4, 0.5) is 0 Å². The maximum absolute atomic E-state index is 5.12. The molecule has 8 aromatic rings. The van der Waals surface area contributed by atoms with Gasteiger partial charge in [0.05, 0.1) is 27.9 Å². The molecule has 0 aliphatic carbocycles. The number of aromatic nitrogens is 4. The van der Waals surface area contributed by atoms with Crippen LogP contribution in [0.3, 0.4) is 0 Å². The molecular weight excluding hydrogens is 500 g/mol. The summed E-state index contributed by atoms with van der Waals surface area (Å²) in [6, 6.07) is 50.2. The smallest absolute Gasteiger partial charge is 0.149 e. The Hall–Kier alpha value is -5.61. The molecule has 3 aromatic heterocycles. The van der Waals surface area contributed by atoms with Gasteiger partial charge in [0.1, 0.15) is 11.5 Å². The predicted molar refractivity (Wildman–Crippen MR) is 168 cm³/mol. The Kier molecular flexibility index (Phi) is 5.42. The lowest BCUT2D eigenvalue weighted by Crippen LogP contribution is -1.98. The molecule has 5 aromatic carbocycles. The molecule has 192 valence electrons. The van der Waals surface area contributed by atoms with Crippen LogP contribution >= 0.6 is 0 Å². The number of hydrogen-bond acceptors (Lipinski definition) is 3. The fraction of sp³-hybridized carbons (Fsp3) is 0. The van der Waals surface area contributed by atoms with Crippen molar-refractivity contribution in [2.24, 2.45) is 0 Å². The van der Waals surface area contributed by atoms with E-state index in [1.807, 2.05) is 30.3 Å². The Balaban J connectivity index is 1.29. The number of pyridine rings is 1. The second-order valence-electron chi connectivity index (χ2n) is 10.1. The molecule has 0 aliphatic rings. The van der Waals surface area contributed by atoms with Gasteiger partial charge < -0.3 is 0 Å². The summed E-state index contributed by atoms with van der Waals surface area (Å²) in [4.78, 5) is 15.1. The first-order valence-corrected chi connectivity index (χ1v) is 13.7. The van der Waals surface area contributed by atoms with Gasteiger partial charge in [0.15, 0.2) is 0 Å². The topological polar surface area (TPSA) is 43.1 Å². The van der Waals surface area contributed by atoms with Crippen LogP contribution in [-0.2, 0) is 0 Å². The maximum atomic E-state index is 5.12. The average molecular weight is 525 g/mol. The van der Waals surface area contributed by atoms with Gasteiger partial charge in [0.2, 0.25) is 0 Å². The van der Waals surface area contributed by atoms with Gasteiger partial charge in [-0.1, -0.05) is 109 Å². The highest BCUT2D eigenvalue weighted by molar-refractivity contribution is 5.98. The molecule has 0 amide bonds. The first kappa shape index (κ1) is 23.3. The van der Waals surface area contributed by atoms with Crippen molar-refractivity contribution in [1.82, 2.24) is 19.4 Å². The fourth-order valence-electron chi connectivity index (χ4n) is 5.56. The molecular formula is C37H24N4. The molecule has 41 heavy (non-hydrogen) atoms. The van der Waals surface area contributed by atoms with E-state index in [1.165, 1.54) is 0 Å². The van der Waals surface area contributed by atoms with Crippen LogP contribution in [0.15, 0.2) is 146 Å². The number of imidazole rings is 1. The number of nitrogens with zero attached hydrogens (tertiary/aromatic N) is 4. The molecule has 0 unspecified atom stereocenters. The standard InChI is InChI=1S/C37H24N4/c1-3-11-26(12-4-1)33-23-29(24-34(38-33)27-13-5-2-6-14-27)25-19-21-28(22-20-25)36-39-31-16-8-7-15-30(31)37-40-32-17-9-10-18-35(32)41(36)37/h1-24H. The van der Waals surface area contributed by atoms with Crippen molar-refractivity contribution in [3.8, 4) is 45.0 Å². The van der Waals surface area contributed by atoms with E-state index in [-0.39, 0.29) is 0 Å². The van der Waals surface area contributed by atoms with E-state index in [0.717, 1.165) is 72.6 Å². The Bertz CT molecular complexity index is 2120. The molecule has 0 radical (unpaired) electrons. The van der Waals surface area contributed by atoms with E-state index in [2.05, 4.69) is 120 Å². The van der Waals surface area contributed by atoms with Crippen molar-refractivity contribution in [2.75, 3.05) is 0 Å². The van der Waals surface area contributed by atoms with Gasteiger partial charge in [-0.05, 0) is 47.5 Å². The molecule has 3 heterocycles. The average Bonchev–Trinajstić information content (AvgIpc) is 3.45. The zero-order valence-electron chi connectivity index (χ0n) is 22.1. The lowest BCUT2D eigenvalue weighted by atomic mass is 9.99. The second-order valence-corrected chi connectivity index (χ2v) is 10.1. The van der Waals surface area contributed by atoms with Crippen LogP contribution < -0.4 is 0 Å². The summed E-state index contributed by atoms with van der Waals surface area (Å²) < 4.78 is 2.18. The van der Waals surface area contributed by atoms with Crippen molar-refractivity contribution in [3.63, 3.8) is 0 Å². The zero-order chi connectivity index (χ0) is 27.2. The van der Waals surface area contributed by atoms with Gasteiger partial charge in [-0.15, -0.1) is 0 Å². The highest BCUT2D eigenvalue weighted by atomic mass is 15.1. The van der Waals surface area contributed by atoms with E-state index in [0.29, 0.717) is 0 Å². The second kappa shape index (κ2) is 9.54. The Morgan fingerprint density at radius 2 is 0.951 bits per heavy atom. The summed E-state index contributed by atoms with van der Waals surface area (Å²) in [6.07, 6.45) is 0. The van der Waals surface area contributed by atoms with E-state index in [9.17, 15) is 0 Å². The number of fused-ring (bicyclic) bond motifs is 5. The van der Waals surface area contributed by atoms with E-state index in [4.69, 9.17) is 15.0 Å². The lowest BCUT2D eigenvalue weighted by molar-refractivity contribution is 1.16. The monoisotopic (exact) mass is 524 g/mol. The van der Waals surface area contributed by atoms with Gasteiger partial charge in [0.25, 0.3) is 0 Å². The fourth-order valence-corrected chi connectivity index (χ4v) is 5.56. The normalized spacial score (nSPS) is 11.4.